The number of fused-ring (bicyclic) bond motifs is 1. The standard InChI is InChI=1S/C21H19BrO5/c1-21(2)9-8-13-17(27-21)11-18(26-3)19(20(13)25)16(24)7-5-12-4-6-15(23)14(22)10-12/h4-11,23,25H,1-3H3/b7-5+. The zero-order chi connectivity index (χ0) is 19.8. The number of phenolic OH excluding ortho intramolecular Hbond substituents is 2. The van der Waals surface area contributed by atoms with E-state index in [0.717, 1.165) is 5.56 Å². The smallest absolute Gasteiger partial charge is 0.193 e. The zero-order valence-corrected chi connectivity index (χ0v) is 16.7. The Hall–Kier alpha value is -2.73. The van der Waals surface area contributed by atoms with Gasteiger partial charge in [0.2, 0.25) is 0 Å². The van der Waals surface area contributed by atoms with Crippen LogP contribution in [0.25, 0.3) is 12.2 Å². The molecule has 0 saturated carbocycles. The first kappa shape index (κ1) is 19.0. The molecule has 0 unspecified atom stereocenters. The summed E-state index contributed by atoms with van der Waals surface area (Å²) in [5.74, 6) is 0.216. The highest BCUT2D eigenvalue weighted by Crippen LogP contribution is 2.43. The summed E-state index contributed by atoms with van der Waals surface area (Å²) in [6, 6.07) is 6.49. The first-order chi connectivity index (χ1) is 12.7. The number of ketones is 1. The second-order valence-corrected chi connectivity index (χ2v) is 7.52. The second kappa shape index (κ2) is 7.12. The Bertz CT molecular complexity index is 973. The topological polar surface area (TPSA) is 76.0 Å². The van der Waals surface area contributed by atoms with Crippen molar-refractivity contribution >= 4 is 33.9 Å². The summed E-state index contributed by atoms with van der Waals surface area (Å²) < 4.78 is 11.7. The average Bonchev–Trinajstić information content (AvgIpc) is 2.61. The molecule has 0 bridgehead atoms. The molecule has 0 amide bonds. The minimum atomic E-state index is -0.512. The molecule has 6 heteroatoms. The van der Waals surface area contributed by atoms with Crippen molar-refractivity contribution in [3.8, 4) is 23.0 Å². The molecule has 5 nitrogen and oxygen atoms in total. The predicted molar refractivity (Wildman–Crippen MR) is 108 cm³/mol. The molecule has 3 rings (SSSR count). The number of ether oxygens (including phenoxy) is 2. The summed E-state index contributed by atoms with van der Waals surface area (Å²) in [6.45, 7) is 3.79. The summed E-state index contributed by atoms with van der Waals surface area (Å²) in [5.41, 5.74) is 0.717. The van der Waals surface area contributed by atoms with E-state index in [9.17, 15) is 15.0 Å². The van der Waals surface area contributed by atoms with Crippen LogP contribution in [-0.4, -0.2) is 28.7 Å². The van der Waals surface area contributed by atoms with Crippen LogP contribution >= 0.6 is 15.9 Å². The van der Waals surface area contributed by atoms with Crippen molar-refractivity contribution in [1.29, 1.82) is 0 Å². The molecule has 1 aliphatic rings. The van der Waals surface area contributed by atoms with Crippen molar-refractivity contribution in [2.45, 2.75) is 19.4 Å². The maximum atomic E-state index is 12.7. The van der Waals surface area contributed by atoms with E-state index in [1.54, 1.807) is 30.4 Å². The number of carbonyl (C=O) groups is 1. The Morgan fingerprint density at radius 1 is 1.26 bits per heavy atom. The van der Waals surface area contributed by atoms with Gasteiger partial charge in [0.25, 0.3) is 0 Å². The van der Waals surface area contributed by atoms with Crippen molar-refractivity contribution in [3.63, 3.8) is 0 Å². The molecule has 1 aliphatic heterocycles. The van der Waals surface area contributed by atoms with Gasteiger partial charge in [-0.2, -0.15) is 0 Å². The highest BCUT2D eigenvalue weighted by atomic mass is 79.9. The van der Waals surface area contributed by atoms with Crippen LogP contribution in [-0.2, 0) is 0 Å². The van der Waals surface area contributed by atoms with E-state index in [-0.39, 0.29) is 22.8 Å². The van der Waals surface area contributed by atoms with Crippen LogP contribution in [0.1, 0.15) is 35.3 Å². The third kappa shape index (κ3) is 3.85. The van der Waals surface area contributed by atoms with Gasteiger partial charge < -0.3 is 19.7 Å². The third-order valence-electron chi connectivity index (χ3n) is 4.16. The molecular weight excluding hydrogens is 412 g/mol. The van der Waals surface area contributed by atoms with Gasteiger partial charge in [0.05, 0.1) is 17.1 Å². The summed E-state index contributed by atoms with van der Waals surface area (Å²) in [5, 5.41) is 20.2. The van der Waals surface area contributed by atoms with E-state index in [4.69, 9.17) is 9.47 Å². The van der Waals surface area contributed by atoms with E-state index in [0.29, 0.717) is 15.8 Å². The van der Waals surface area contributed by atoms with E-state index >= 15 is 0 Å². The van der Waals surface area contributed by atoms with E-state index in [1.165, 1.54) is 19.3 Å². The van der Waals surface area contributed by atoms with Crippen LogP contribution in [0, 0.1) is 0 Å². The fraction of sp³-hybridized carbons (Fsp3) is 0.190. The Kier molecular flexibility index (Phi) is 5.02. The number of allylic oxidation sites excluding steroid dienone is 1. The monoisotopic (exact) mass is 430 g/mol. The van der Waals surface area contributed by atoms with Crippen LogP contribution in [0.15, 0.2) is 40.9 Å². The SMILES string of the molecule is COc1cc2c(c(O)c1C(=O)/C=C/c1ccc(O)c(Br)c1)C=CC(C)(C)O2. The highest BCUT2D eigenvalue weighted by Gasteiger charge is 2.28. The molecule has 2 aromatic rings. The molecule has 0 saturated heterocycles. The lowest BCUT2D eigenvalue weighted by molar-refractivity contribution is 0.104. The van der Waals surface area contributed by atoms with Crippen LogP contribution in [0.5, 0.6) is 23.0 Å². The lowest BCUT2D eigenvalue weighted by atomic mass is 9.97. The third-order valence-corrected chi connectivity index (χ3v) is 4.79. The Labute approximate surface area is 165 Å². The molecule has 0 radical (unpaired) electrons. The van der Waals surface area contributed by atoms with E-state index in [1.807, 2.05) is 19.9 Å². The molecule has 2 N–H and O–H groups in total. The van der Waals surface area contributed by atoms with E-state index < -0.39 is 11.4 Å². The van der Waals surface area contributed by atoms with Crippen LogP contribution in [0.4, 0.5) is 0 Å². The van der Waals surface area contributed by atoms with Gasteiger partial charge in [-0.15, -0.1) is 0 Å². The Morgan fingerprint density at radius 2 is 2.00 bits per heavy atom. The van der Waals surface area contributed by atoms with Crippen molar-refractivity contribution in [2.75, 3.05) is 7.11 Å². The first-order valence-electron chi connectivity index (χ1n) is 8.25. The van der Waals surface area contributed by atoms with Crippen molar-refractivity contribution in [2.24, 2.45) is 0 Å². The van der Waals surface area contributed by atoms with Gasteiger partial charge in [0.1, 0.15) is 34.2 Å². The molecule has 1 heterocycles. The van der Waals surface area contributed by atoms with Gasteiger partial charge in [-0.05, 0) is 65.7 Å². The molecule has 0 fully saturated rings. The molecule has 27 heavy (non-hydrogen) atoms. The molecule has 0 spiro atoms. The van der Waals surface area contributed by atoms with Gasteiger partial charge in [-0.25, -0.2) is 0 Å². The number of halogens is 1. The molecule has 0 aromatic heterocycles. The second-order valence-electron chi connectivity index (χ2n) is 6.66. The van der Waals surface area contributed by atoms with E-state index in [2.05, 4.69) is 15.9 Å². The number of phenols is 2. The Morgan fingerprint density at radius 3 is 2.67 bits per heavy atom. The molecule has 0 aliphatic carbocycles. The van der Waals surface area contributed by atoms with Crippen LogP contribution < -0.4 is 9.47 Å². The van der Waals surface area contributed by atoms with Gasteiger partial charge >= 0.3 is 0 Å². The highest BCUT2D eigenvalue weighted by molar-refractivity contribution is 9.10. The largest absolute Gasteiger partial charge is 0.507 e. The van der Waals surface area contributed by atoms with Gasteiger partial charge in [0.15, 0.2) is 5.78 Å². The number of benzene rings is 2. The molecule has 140 valence electrons. The minimum Gasteiger partial charge on any atom is -0.507 e. The quantitative estimate of drug-likeness (QED) is 0.529. The molecule has 2 aromatic carbocycles. The average molecular weight is 431 g/mol. The maximum absolute atomic E-state index is 12.7. The number of hydrogen-bond donors (Lipinski definition) is 2. The van der Waals surface area contributed by atoms with Gasteiger partial charge in [-0.3, -0.25) is 4.79 Å². The van der Waals surface area contributed by atoms with Crippen molar-refractivity contribution in [1.82, 2.24) is 0 Å². The normalized spacial score (nSPS) is 14.7. The molecule has 0 atom stereocenters. The number of aromatic hydroxyl groups is 2. The number of rotatable bonds is 4. The minimum absolute atomic E-state index is 0.0679. The number of hydrogen-bond acceptors (Lipinski definition) is 5. The van der Waals surface area contributed by atoms with Gasteiger partial charge in [-0.1, -0.05) is 12.1 Å². The lowest BCUT2D eigenvalue weighted by Gasteiger charge is -2.29. The molecular formula is C21H19BrO5. The first-order valence-corrected chi connectivity index (χ1v) is 9.04. The summed E-state index contributed by atoms with van der Waals surface area (Å²) in [6.07, 6.45) is 6.51. The number of methoxy groups -OCH3 is 1. The van der Waals surface area contributed by atoms with Crippen molar-refractivity contribution < 1.29 is 24.5 Å². The lowest BCUT2D eigenvalue weighted by Crippen LogP contribution is -2.27. The summed E-state index contributed by atoms with van der Waals surface area (Å²) in [7, 11) is 1.43. The Balaban J connectivity index is 1.99. The zero-order valence-electron chi connectivity index (χ0n) is 15.1. The van der Waals surface area contributed by atoms with Crippen LogP contribution in [0.3, 0.4) is 0 Å². The van der Waals surface area contributed by atoms with Crippen LogP contribution in [0.2, 0.25) is 0 Å². The number of carbonyl (C=O) groups excluding carboxylic acids is 1. The van der Waals surface area contributed by atoms with Crippen molar-refractivity contribution in [3.05, 3.63) is 57.6 Å². The fourth-order valence-corrected chi connectivity index (χ4v) is 3.16. The maximum Gasteiger partial charge on any atom is 0.193 e. The fourth-order valence-electron chi connectivity index (χ4n) is 2.77. The van der Waals surface area contributed by atoms with Gasteiger partial charge in [0, 0.05) is 6.07 Å². The predicted octanol–water partition coefficient (Wildman–Crippen LogP) is 4.95. The summed E-state index contributed by atoms with van der Waals surface area (Å²) in [4.78, 5) is 12.7. The summed E-state index contributed by atoms with van der Waals surface area (Å²) >= 11 is 3.23.